The molecule has 10 heteroatoms. The summed E-state index contributed by atoms with van der Waals surface area (Å²) in [6, 6.07) is 4.97. The van der Waals surface area contributed by atoms with Crippen molar-refractivity contribution in [3.05, 3.63) is 47.5 Å². The molecule has 0 spiro atoms. The lowest BCUT2D eigenvalue weighted by Crippen LogP contribution is -2.22. The van der Waals surface area contributed by atoms with Gasteiger partial charge in [-0.15, -0.1) is 0 Å². The minimum atomic E-state index is -3.82. The molecule has 0 aliphatic heterocycles. The van der Waals surface area contributed by atoms with Crippen LogP contribution in [0.5, 0.6) is 0 Å². The summed E-state index contributed by atoms with van der Waals surface area (Å²) < 4.78 is 41.2. The highest BCUT2D eigenvalue weighted by Crippen LogP contribution is 2.29. The number of aromatic carboxylic acids is 1. The van der Waals surface area contributed by atoms with Crippen LogP contribution in [0.2, 0.25) is 0 Å². The second-order valence-corrected chi connectivity index (χ2v) is 8.15. The minimum Gasteiger partial charge on any atom is -0.477 e. The second kappa shape index (κ2) is 6.71. The third kappa shape index (κ3) is 3.17. The van der Waals surface area contributed by atoms with Gasteiger partial charge in [0.2, 0.25) is 10.0 Å². The Hall–Kier alpha value is -2.85. The van der Waals surface area contributed by atoms with Crippen LogP contribution in [0.15, 0.2) is 35.4 Å². The van der Waals surface area contributed by atoms with Gasteiger partial charge >= 0.3 is 5.97 Å². The van der Waals surface area contributed by atoms with Crippen LogP contribution in [0, 0.1) is 5.82 Å². The fourth-order valence-electron chi connectivity index (χ4n) is 2.61. The molecule has 0 bridgehead atoms. The minimum absolute atomic E-state index is 0.0984. The zero-order chi connectivity index (χ0) is 19.9. The molecule has 8 nitrogen and oxygen atoms in total. The van der Waals surface area contributed by atoms with Crippen molar-refractivity contribution in [1.82, 2.24) is 18.9 Å². The Morgan fingerprint density at radius 3 is 2.56 bits per heavy atom. The summed E-state index contributed by atoms with van der Waals surface area (Å²) in [5, 5.41) is 13.7. The highest BCUT2D eigenvalue weighted by Gasteiger charge is 2.26. The fraction of sp³-hybridized carbons (Fsp3) is 0.235. The lowest BCUT2D eigenvalue weighted by atomic mass is 10.1. The standard InChI is InChI=1S/C17H17FN4O4S/c1-4-10-7-8-22-16(19-10)14(17(23)24)15(20-22)12-6-5-11(9-13(12)18)27(25,26)21(2)3/h5-9H,4H2,1-3H3,(H,23,24). The molecule has 0 atom stereocenters. The number of nitrogens with zero attached hydrogens (tertiary/aromatic N) is 4. The van der Waals surface area contributed by atoms with Crippen molar-refractivity contribution >= 4 is 21.6 Å². The molecule has 2 aromatic heterocycles. The average molecular weight is 392 g/mol. The van der Waals surface area contributed by atoms with Crippen LogP contribution in [-0.2, 0) is 16.4 Å². The SMILES string of the molecule is CCc1ccn2nc(-c3ccc(S(=O)(=O)N(C)C)cc3F)c(C(=O)O)c2n1. The summed E-state index contributed by atoms with van der Waals surface area (Å²) in [7, 11) is -1.15. The van der Waals surface area contributed by atoms with E-state index in [9.17, 15) is 22.7 Å². The molecular weight excluding hydrogens is 375 g/mol. The molecule has 0 radical (unpaired) electrons. The van der Waals surface area contributed by atoms with E-state index in [0.29, 0.717) is 12.1 Å². The van der Waals surface area contributed by atoms with Gasteiger partial charge in [-0.2, -0.15) is 5.10 Å². The monoisotopic (exact) mass is 392 g/mol. The Morgan fingerprint density at radius 1 is 1.30 bits per heavy atom. The molecular formula is C17H17FN4O4S. The van der Waals surface area contributed by atoms with Gasteiger partial charge in [0.05, 0.1) is 4.90 Å². The van der Waals surface area contributed by atoms with Gasteiger partial charge in [0, 0.05) is 31.5 Å². The largest absolute Gasteiger partial charge is 0.477 e. The Balaban J connectivity index is 2.24. The number of aryl methyl sites for hydroxylation is 1. The van der Waals surface area contributed by atoms with Crippen molar-refractivity contribution in [1.29, 1.82) is 0 Å². The smallest absolute Gasteiger partial charge is 0.341 e. The molecule has 0 aliphatic carbocycles. The number of rotatable bonds is 5. The number of benzene rings is 1. The summed E-state index contributed by atoms with van der Waals surface area (Å²) in [5.41, 5.74) is 0.293. The number of sulfonamides is 1. The number of fused-ring (bicyclic) bond motifs is 1. The first-order chi connectivity index (χ1) is 12.7. The third-order valence-electron chi connectivity index (χ3n) is 4.09. The Morgan fingerprint density at radius 2 is 2.00 bits per heavy atom. The fourth-order valence-corrected chi connectivity index (χ4v) is 3.52. The van der Waals surface area contributed by atoms with E-state index in [1.54, 1.807) is 12.3 Å². The third-order valence-corrected chi connectivity index (χ3v) is 5.90. The van der Waals surface area contributed by atoms with Gasteiger partial charge < -0.3 is 5.11 Å². The number of halogens is 1. The summed E-state index contributed by atoms with van der Waals surface area (Å²) in [5.74, 6) is -2.19. The number of carboxylic acid groups (broad SMARTS) is 1. The summed E-state index contributed by atoms with van der Waals surface area (Å²) in [4.78, 5) is 15.8. The van der Waals surface area contributed by atoms with E-state index < -0.39 is 21.8 Å². The van der Waals surface area contributed by atoms with E-state index >= 15 is 0 Å². The Bertz CT molecular complexity index is 1160. The van der Waals surface area contributed by atoms with Crippen LogP contribution in [0.1, 0.15) is 23.0 Å². The number of carbonyl (C=O) groups is 1. The van der Waals surface area contributed by atoms with E-state index in [4.69, 9.17) is 0 Å². The van der Waals surface area contributed by atoms with Crippen molar-refractivity contribution in [3.8, 4) is 11.3 Å². The molecule has 0 aliphatic rings. The van der Waals surface area contributed by atoms with Crippen molar-refractivity contribution in [3.63, 3.8) is 0 Å². The normalized spacial score (nSPS) is 12.0. The molecule has 3 aromatic rings. The van der Waals surface area contributed by atoms with E-state index in [0.717, 1.165) is 10.4 Å². The van der Waals surface area contributed by atoms with E-state index in [1.165, 1.54) is 30.7 Å². The maximum Gasteiger partial charge on any atom is 0.341 e. The van der Waals surface area contributed by atoms with Crippen LogP contribution in [0.4, 0.5) is 4.39 Å². The molecule has 2 heterocycles. The average Bonchev–Trinajstić information content (AvgIpc) is 2.99. The zero-order valence-electron chi connectivity index (χ0n) is 14.8. The van der Waals surface area contributed by atoms with Gasteiger partial charge in [-0.1, -0.05) is 6.92 Å². The van der Waals surface area contributed by atoms with Crippen molar-refractivity contribution < 1.29 is 22.7 Å². The topological polar surface area (TPSA) is 105 Å². The molecule has 0 unspecified atom stereocenters. The van der Waals surface area contributed by atoms with Gasteiger partial charge in [-0.3, -0.25) is 0 Å². The van der Waals surface area contributed by atoms with Crippen LogP contribution in [0.25, 0.3) is 16.9 Å². The molecule has 0 amide bonds. The highest BCUT2D eigenvalue weighted by molar-refractivity contribution is 7.89. The molecule has 0 fully saturated rings. The van der Waals surface area contributed by atoms with Crippen molar-refractivity contribution in [2.45, 2.75) is 18.2 Å². The zero-order valence-corrected chi connectivity index (χ0v) is 15.7. The van der Waals surface area contributed by atoms with Crippen molar-refractivity contribution in [2.75, 3.05) is 14.1 Å². The maximum atomic E-state index is 14.7. The van der Waals surface area contributed by atoms with Crippen molar-refractivity contribution in [2.24, 2.45) is 0 Å². The predicted molar refractivity (Wildman–Crippen MR) is 95.6 cm³/mol. The van der Waals surface area contributed by atoms with E-state index in [1.807, 2.05) is 6.92 Å². The van der Waals surface area contributed by atoms with Gasteiger partial charge in [0.25, 0.3) is 0 Å². The van der Waals surface area contributed by atoms with Crippen LogP contribution in [0.3, 0.4) is 0 Å². The number of carboxylic acids is 1. The molecule has 27 heavy (non-hydrogen) atoms. The Labute approximate surface area is 154 Å². The number of hydrogen-bond acceptors (Lipinski definition) is 5. The van der Waals surface area contributed by atoms with Crippen LogP contribution in [-0.4, -0.2) is 52.5 Å². The summed E-state index contributed by atoms with van der Waals surface area (Å²) >= 11 is 0. The summed E-state index contributed by atoms with van der Waals surface area (Å²) in [6.07, 6.45) is 2.15. The van der Waals surface area contributed by atoms with Gasteiger partial charge in [-0.05, 0) is 30.7 Å². The molecule has 0 saturated heterocycles. The molecule has 3 rings (SSSR count). The Kier molecular flexibility index (Phi) is 4.70. The predicted octanol–water partition coefficient (Wildman–Crippen LogP) is 2.05. The van der Waals surface area contributed by atoms with Gasteiger partial charge in [0.1, 0.15) is 17.1 Å². The second-order valence-electron chi connectivity index (χ2n) is 6.00. The molecule has 0 saturated carbocycles. The first kappa shape index (κ1) is 18.9. The lowest BCUT2D eigenvalue weighted by Gasteiger charge is -2.12. The molecule has 1 N–H and O–H groups in total. The van der Waals surface area contributed by atoms with Crippen LogP contribution >= 0.6 is 0 Å². The lowest BCUT2D eigenvalue weighted by molar-refractivity contribution is 0.0699. The molecule has 142 valence electrons. The van der Waals surface area contributed by atoms with Gasteiger partial charge in [0.15, 0.2) is 5.65 Å². The van der Waals surface area contributed by atoms with Gasteiger partial charge in [-0.25, -0.2) is 31.4 Å². The van der Waals surface area contributed by atoms with E-state index in [-0.39, 0.29) is 27.4 Å². The summed E-state index contributed by atoms with van der Waals surface area (Å²) in [6.45, 7) is 1.88. The maximum absolute atomic E-state index is 14.7. The molecule has 1 aromatic carbocycles. The first-order valence-electron chi connectivity index (χ1n) is 8.00. The van der Waals surface area contributed by atoms with Crippen LogP contribution < -0.4 is 0 Å². The number of aromatic nitrogens is 3. The first-order valence-corrected chi connectivity index (χ1v) is 9.44. The highest BCUT2D eigenvalue weighted by atomic mass is 32.2. The quantitative estimate of drug-likeness (QED) is 0.712. The number of hydrogen-bond donors (Lipinski definition) is 1. The van der Waals surface area contributed by atoms with E-state index in [2.05, 4.69) is 10.1 Å².